The molecule has 0 aromatic heterocycles. The zero-order valence-electron chi connectivity index (χ0n) is 13.8. The topological polar surface area (TPSA) is 79.5 Å². The fourth-order valence-electron chi connectivity index (χ4n) is 2.09. The number of anilines is 2. The van der Waals surface area contributed by atoms with E-state index in [1.807, 2.05) is 0 Å². The Morgan fingerprint density at radius 1 is 1.04 bits per heavy atom. The Balaban J connectivity index is 1.84. The van der Waals surface area contributed by atoms with Gasteiger partial charge in [-0.25, -0.2) is 4.79 Å². The van der Waals surface area contributed by atoms with Gasteiger partial charge in [0.25, 0.3) is 0 Å². The van der Waals surface area contributed by atoms with Crippen LogP contribution in [-0.2, 0) is 16.0 Å². The van der Waals surface area contributed by atoms with E-state index in [-0.39, 0.29) is 12.3 Å². The van der Waals surface area contributed by atoms with Crippen molar-refractivity contribution in [2.45, 2.75) is 6.42 Å². The quantitative estimate of drug-likeness (QED) is 0.662. The fourth-order valence-corrected chi connectivity index (χ4v) is 2.28. The molecule has 2 aromatic carbocycles. The first-order valence-corrected chi connectivity index (χ1v) is 8.13. The normalized spacial score (nSPS) is 10.2. The van der Waals surface area contributed by atoms with Crippen LogP contribution in [0.25, 0.3) is 0 Å². The standard InChI is InChI=1S/C18H20ClN3O3/c1-25-11-10-20-17(23)12-13-6-8-14(9-7-13)21-18(24)22-16-5-3-2-4-15(16)19/h2-9H,10-12H2,1H3,(H,20,23)(H2,21,22,24). The molecule has 2 aromatic rings. The predicted octanol–water partition coefficient (Wildman–Crippen LogP) is 3.29. The molecular weight excluding hydrogens is 342 g/mol. The van der Waals surface area contributed by atoms with E-state index in [4.69, 9.17) is 16.3 Å². The molecular formula is C18H20ClN3O3. The number of urea groups is 1. The summed E-state index contributed by atoms with van der Waals surface area (Å²) in [5, 5.41) is 8.61. The molecule has 25 heavy (non-hydrogen) atoms. The van der Waals surface area contributed by atoms with E-state index in [1.165, 1.54) is 0 Å². The van der Waals surface area contributed by atoms with E-state index in [0.717, 1.165) is 5.56 Å². The van der Waals surface area contributed by atoms with Crippen molar-refractivity contribution in [1.82, 2.24) is 5.32 Å². The zero-order chi connectivity index (χ0) is 18.1. The Kier molecular flexibility index (Phi) is 7.25. The van der Waals surface area contributed by atoms with Crippen molar-refractivity contribution < 1.29 is 14.3 Å². The average Bonchev–Trinajstić information content (AvgIpc) is 2.59. The smallest absolute Gasteiger partial charge is 0.323 e. The number of carbonyl (C=O) groups is 2. The molecule has 3 amide bonds. The van der Waals surface area contributed by atoms with E-state index < -0.39 is 6.03 Å². The summed E-state index contributed by atoms with van der Waals surface area (Å²) in [6.07, 6.45) is 0.274. The third-order valence-corrected chi connectivity index (χ3v) is 3.66. The molecule has 0 aliphatic heterocycles. The van der Waals surface area contributed by atoms with Crippen molar-refractivity contribution in [2.75, 3.05) is 30.9 Å². The number of hydrogen-bond donors (Lipinski definition) is 3. The van der Waals surface area contributed by atoms with E-state index in [1.54, 1.807) is 55.6 Å². The molecule has 0 radical (unpaired) electrons. The molecule has 0 spiro atoms. The second kappa shape index (κ2) is 9.66. The van der Waals surface area contributed by atoms with Crippen LogP contribution in [0.3, 0.4) is 0 Å². The lowest BCUT2D eigenvalue weighted by Crippen LogP contribution is -2.28. The molecule has 0 heterocycles. The van der Waals surface area contributed by atoms with Gasteiger partial charge in [0.1, 0.15) is 0 Å². The van der Waals surface area contributed by atoms with Crippen LogP contribution in [0.1, 0.15) is 5.56 Å². The number of methoxy groups -OCH3 is 1. The summed E-state index contributed by atoms with van der Waals surface area (Å²) in [6.45, 7) is 0.965. The van der Waals surface area contributed by atoms with Gasteiger partial charge >= 0.3 is 6.03 Å². The van der Waals surface area contributed by atoms with E-state index in [2.05, 4.69) is 16.0 Å². The highest BCUT2D eigenvalue weighted by molar-refractivity contribution is 6.33. The third-order valence-electron chi connectivity index (χ3n) is 3.33. The van der Waals surface area contributed by atoms with Crippen LogP contribution < -0.4 is 16.0 Å². The summed E-state index contributed by atoms with van der Waals surface area (Å²) in [7, 11) is 1.58. The van der Waals surface area contributed by atoms with E-state index >= 15 is 0 Å². The van der Waals surface area contributed by atoms with Crippen LogP contribution in [0.15, 0.2) is 48.5 Å². The molecule has 132 valence electrons. The molecule has 0 atom stereocenters. The van der Waals surface area contributed by atoms with Crippen LogP contribution >= 0.6 is 11.6 Å². The number of carbonyl (C=O) groups excluding carboxylic acids is 2. The molecule has 0 fully saturated rings. The summed E-state index contributed by atoms with van der Waals surface area (Å²) >= 11 is 6.00. The van der Waals surface area contributed by atoms with Gasteiger partial charge in [0, 0.05) is 19.3 Å². The highest BCUT2D eigenvalue weighted by atomic mass is 35.5. The molecule has 0 saturated heterocycles. The average molecular weight is 362 g/mol. The highest BCUT2D eigenvalue weighted by Crippen LogP contribution is 2.20. The molecule has 7 heteroatoms. The van der Waals surface area contributed by atoms with Gasteiger partial charge in [0.15, 0.2) is 0 Å². The second-order valence-electron chi connectivity index (χ2n) is 5.28. The molecule has 0 unspecified atom stereocenters. The van der Waals surface area contributed by atoms with Crippen molar-refractivity contribution in [2.24, 2.45) is 0 Å². The minimum atomic E-state index is -0.391. The van der Waals surface area contributed by atoms with Crippen molar-refractivity contribution in [3.05, 3.63) is 59.1 Å². The first-order valence-electron chi connectivity index (χ1n) is 7.75. The Morgan fingerprint density at radius 2 is 1.76 bits per heavy atom. The van der Waals surface area contributed by atoms with Gasteiger partial charge in [-0.05, 0) is 29.8 Å². The largest absolute Gasteiger partial charge is 0.383 e. The zero-order valence-corrected chi connectivity index (χ0v) is 14.6. The van der Waals surface area contributed by atoms with Crippen molar-refractivity contribution in [3.8, 4) is 0 Å². The lowest BCUT2D eigenvalue weighted by molar-refractivity contribution is -0.120. The Bertz CT molecular complexity index is 720. The van der Waals surface area contributed by atoms with E-state index in [0.29, 0.717) is 29.5 Å². The number of hydrogen-bond acceptors (Lipinski definition) is 3. The molecule has 0 bridgehead atoms. The van der Waals surface area contributed by atoms with Gasteiger partial charge < -0.3 is 20.7 Å². The summed E-state index contributed by atoms with van der Waals surface area (Å²) in [5.74, 6) is -0.0748. The lowest BCUT2D eigenvalue weighted by atomic mass is 10.1. The number of benzene rings is 2. The van der Waals surface area contributed by atoms with Gasteiger partial charge in [-0.2, -0.15) is 0 Å². The summed E-state index contributed by atoms with van der Waals surface area (Å²) < 4.78 is 4.88. The second-order valence-corrected chi connectivity index (χ2v) is 5.68. The number of rotatable bonds is 7. The van der Waals surface area contributed by atoms with Crippen LogP contribution in [0.4, 0.5) is 16.2 Å². The van der Waals surface area contributed by atoms with Gasteiger partial charge in [-0.1, -0.05) is 35.9 Å². The summed E-state index contributed by atoms with van der Waals surface area (Å²) in [4.78, 5) is 23.7. The molecule has 0 aliphatic rings. The van der Waals surface area contributed by atoms with Crippen LogP contribution in [0.5, 0.6) is 0 Å². The number of para-hydroxylation sites is 1. The maximum absolute atomic E-state index is 12.0. The minimum absolute atomic E-state index is 0.0748. The van der Waals surface area contributed by atoms with Gasteiger partial charge in [-0.15, -0.1) is 0 Å². The molecule has 3 N–H and O–H groups in total. The predicted molar refractivity (Wildman–Crippen MR) is 99.1 cm³/mol. The van der Waals surface area contributed by atoms with Crippen molar-refractivity contribution >= 4 is 34.9 Å². The summed E-state index contributed by atoms with van der Waals surface area (Å²) in [6, 6.07) is 13.7. The van der Waals surface area contributed by atoms with Crippen LogP contribution in [0.2, 0.25) is 5.02 Å². The van der Waals surface area contributed by atoms with Gasteiger partial charge in [-0.3, -0.25) is 4.79 Å². The Morgan fingerprint density at radius 3 is 2.44 bits per heavy atom. The number of amides is 3. The van der Waals surface area contributed by atoms with Crippen molar-refractivity contribution in [1.29, 1.82) is 0 Å². The van der Waals surface area contributed by atoms with Gasteiger partial charge in [0.2, 0.25) is 5.91 Å². The SMILES string of the molecule is COCCNC(=O)Cc1ccc(NC(=O)Nc2ccccc2Cl)cc1. The first kappa shape index (κ1) is 18.8. The van der Waals surface area contributed by atoms with E-state index in [9.17, 15) is 9.59 Å². The highest BCUT2D eigenvalue weighted by Gasteiger charge is 2.06. The first-order chi connectivity index (χ1) is 12.1. The monoisotopic (exact) mass is 361 g/mol. The molecule has 0 saturated carbocycles. The molecule has 0 aliphatic carbocycles. The maximum atomic E-state index is 12.0. The number of halogens is 1. The van der Waals surface area contributed by atoms with Crippen molar-refractivity contribution in [3.63, 3.8) is 0 Å². The third kappa shape index (κ3) is 6.45. The fraction of sp³-hybridized carbons (Fsp3) is 0.222. The Hall–Kier alpha value is -2.57. The molecule has 6 nitrogen and oxygen atoms in total. The molecule has 2 rings (SSSR count). The minimum Gasteiger partial charge on any atom is -0.383 e. The van der Waals surface area contributed by atoms with Crippen LogP contribution in [-0.4, -0.2) is 32.2 Å². The number of nitrogens with one attached hydrogen (secondary N) is 3. The van der Waals surface area contributed by atoms with Gasteiger partial charge in [0.05, 0.1) is 23.7 Å². The maximum Gasteiger partial charge on any atom is 0.323 e. The Labute approximate surface area is 151 Å². The number of ether oxygens (including phenoxy) is 1. The lowest BCUT2D eigenvalue weighted by Gasteiger charge is -2.09. The summed E-state index contributed by atoms with van der Waals surface area (Å²) in [5.41, 5.74) is 2.01. The van der Waals surface area contributed by atoms with Crippen LogP contribution in [0, 0.1) is 0 Å².